The molecule has 150 valence electrons. The number of nitrogens with one attached hydrogen (secondary N) is 1. The fourth-order valence-electron chi connectivity index (χ4n) is 2.90. The van der Waals surface area contributed by atoms with Gasteiger partial charge in [0.05, 0.1) is 15.6 Å². The first-order valence-electron chi connectivity index (χ1n) is 9.11. The highest BCUT2D eigenvalue weighted by Crippen LogP contribution is 2.26. The minimum atomic E-state index is -3.83. The Balaban J connectivity index is 1.83. The van der Waals surface area contributed by atoms with E-state index in [1.54, 1.807) is 19.1 Å². The standard InChI is InChI=1S/C19H24N4O3S2/c1-12(2)19-20-13(3)17(27-19)18(24)21-14-7-5-8-15(11-14)28(25,26)22-16-9-6-10-23(16)4/h5,7-8,11-12H,6,9-10H2,1-4H3,(H,21,24)/b22-16-. The van der Waals surface area contributed by atoms with Gasteiger partial charge in [0, 0.05) is 31.6 Å². The molecule has 1 aliphatic rings. The summed E-state index contributed by atoms with van der Waals surface area (Å²) < 4.78 is 29.2. The van der Waals surface area contributed by atoms with Crippen LogP contribution in [0.15, 0.2) is 33.6 Å². The van der Waals surface area contributed by atoms with Crippen molar-refractivity contribution in [1.82, 2.24) is 9.88 Å². The number of anilines is 1. The molecule has 0 saturated carbocycles. The fourth-order valence-corrected chi connectivity index (χ4v) is 5.00. The van der Waals surface area contributed by atoms with Crippen LogP contribution in [0.25, 0.3) is 0 Å². The lowest BCUT2D eigenvalue weighted by Gasteiger charge is -2.11. The summed E-state index contributed by atoms with van der Waals surface area (Å²) in [5, 5.41) is 3.67. The van der Waals surface area contributed by atoms with Gasteiger partial charge in [0.1, 0.15) is 10.7 Å². The highest BCUT2D eigenvalue weighted by atomic mass is 32.2. The minimum absolute atomic E-state index is 0.0574. The first-order chi connectivity index (χ1) is 13.2. The van der Waals surface area contributed by atoms with Crippen molar-refractivity contribution in [2.24, 2.45) is 4.40 Å². The molecule has 0 spiro atoms. The van der Waals surface area contributed by atoms with Gasteiger partial charge in [-0.2, -0.15) is 8.42 Å². The lowest BCUT2D eigenvalue weighted by molar-refractivity contribution is 0.102. The Kier molecular flexibility index (Phi) is 5.85. The highest BCUT2D eigenvalue weighted by molar-refractivity contribution is 7.90. The molecule has 1 aliphatic heterocycles. The van der Waals surface area contributed by atoms with Crippen molar-refractivity contribution in [1.29, 1.82) is 0 Å². The maximum Gasteiger partial charge on any atom is 0.284 e. The van der Waals surface area contributed by atoms with Gasteiger partial charge in [0.15, 0.2) is 0 Å². The van der Waals surface area contributed by atoms with Gasteiger partial charge < -0.3 is 10.2 Å². The van der Waals surface area contributed by atoms with E-state index < -0.39 is 10.0 Å². The molecule has 7 nitrogen and oxygen atoms in total. The topological polar surface area (TPSA) is 91.7 Å². The number of aryl methyl sites for hydroxylation is 1. The first-order valence-corrected chi connectivity index (χ1v) is 11.4. The quantitative estimate of drug-likeness (QED) is 0.797. The smallest absolute Gasteiger partial charge is 0.284 e. The Labute approximate surface area is 169 Å². The summed E-state index contributed by atoms with van der Waals surface area (Å²) in [6.45, 7) is 6.65. The average molecular weight is 421 g/mol. The van der Waals surface area contributed by atoms with E-state index in [4.69, 9.17) is 0 Å². The predicted molar refractivity (Wildman–Crippen MR) is 112 cm³/mol. The van der Waals surface area contributed by atoms with Crippen molar-refractivity contribution >= 4 is 38.8 Å². The lowest BCUT2D eigenvalue weighted by atomic mass is 10.2. The van der Waals surface area contributed by atoms with Crippen LogP contribution in [0.4, 0.5) is 5.69 Å². The van der Waals surface area contributed by atoms with Crippen molar-refractivity contribution < 1.29 is 13.2 Å². The molecule has 0 radical (unpaired) electrons. The number of amides is 1. The van der Waals surface area contributed by atoms with Crippen LogP contribution < -0.4 is 5.32 Å². The number of aromatic nitrogens is 1. The Morgan fingerprint density at radius 3 is 2.71 bits per heavy atom. The van der Waals surface area contributed by atoms with Crippen molar-refractivity contribution in [3.05, 3.63) is 39.8 Å². The maximum atomic E-state index is 12.6. The molecule has 1 saturated heterocycles. The largest absolute Gasteiger partial charge is 0.362 e. The van der Waals surface area contributed by atoms with Crippen LogP contribution in [0.2, 0.25) is 0 Å². The molecule has 1 aromatic heterocycles. The number of hydrogen-bond acceptors (Lipinski definition) is 5. The second-order valence-corrected chi connectivity index (χ2v) is 9.75. The van der Waals surface area contributed by atoms with Crippen LogP contribution in [-0.2, 0) is 10.0 Å². The zero-order chi connectivity index (χ0) is 20.5. The van der Waals surface area contributed by atoms with E-state index in [9.17, 15) is 13.2 Å². The van der Waals surface area contributed by atoms with Gasteiger partial charge in [0.2, 0.25) is 0 Å². The number of carbonyl (C=O) groups is 1. The molecule has 0 atom stereocenters. The Bertz CT molecular complexity index is 1030. The molecule has 1 N–H and O–H groups in total. The Morgan fingerprint density at radius 2 is 2.11 bits per heavy atom. The molecular formula is C19H24N4O3S2. The number of carbonyl (C=O) groups excluding carboxylic acids is 1. The van der Waals surface area contributed by atoms with Gasteiger partial charge in [0.25, 0.3) is 15.9 Å². The molecule has 1 aromatic carbocycles. The van der Waals surface area contributed by atoms with Crippen LogP contribution in [0, 0.1) is 6.92 Å². The number of likely N-dealkylation sites (tertiary alicyclic amines) is 1. The number of hydrogen-bond donors (Lipinski definition) is 1. The van der Waals surface area contributed by atoms with Gasteiger partial charge >= 0.3 is 0 Å². The van der Waals surface area contributed by atoms with Crippen molar-refractivity contribution in [3.63, 3.8) is 0 Å². The summed E-state index contributed by atoms with van der Waals surface area (Å²) in [4.78, 5) is 19.5. The van der Waals surface area contributed by atoms with E-state index in [1.807, 2.05) is 25.8 Å². The number of thiazole rings is 1. The maximum absolute atomic E-state index is 12.6. The summed E-state index contributed by atoms with van der Waals surface area (Å²) >= 11 is 1.36. The number of sulfonamides is 1. The van der Waals surface area contributed by atoms with Crippen molar-refractivity contribution in [2.45, 2.75) is 44.4 Å². The van der Waals surface area contributed by atoms with Crippen molar-refractivity contribution in [3.8, 4) is 0 Å². The zero-order valence-corrected chi connectivity index (χ0v) is 18.0. The van der Waals surface area contributed by atoms with Crippen LogP contribution in [0.3, 0.4) is 0 Å². The molecule has 0 unspecified atom stereocenters. The predicted octanol–water partition coefficient (Wildman–Crippen LogP) is 3.64. The van der Waals surface area contributed by atoms with E-state index >= 15 is 0 Å². The number of amidine groups is 1. The summed E-state index contributed by atoms with van der Waals surface area (Å²) in [7, 11) is -2.00. The van der Waals surface area contributed by atoms with Gasteiger partial charge in [-0.1, -0.05) is 19.9 Å². The molecule has 0 bridgehead atoms. The Hall–Kier alpha value is -2.26. The van der Waals surface area contributed by atoms with E-state index in [-0.39, 0.29) is 16.7 Å². The second kappa shape index (κ2) is 8.00. The molecule has 9 heteroatoms. The molecule has 2 heterocycles. The lowest BCUT2D eigenvalue weighted by Crippen LogP contribution is -2.20. The number of nitrogens with zero attached hydrogens (tertiary/aromatic N) is 3. The molecule has 3 rings (SSSR count). The monoisotopic (exact) mass is 420 g/mol. The SMILES string of the molecule is Cc1nc(C(C)C)sc1C(=O)Nc1cccc(S(=O)(=O)/N=C2/CCCN2C)c1. The second-order valence-electron chi connectivity index (χ2n) is 7.11. The molecule has 2 aromatic rings. The highest BCUT2D eigenvalue weighted by Gasteiger charge is 2.21. The summed E-state index contributed by atoms with van der Waals surface area (Å²) in [5.41, 5.74) is 1.08. The van der Waals surface area contributed by atoms with Gasteiger partial charge in [-0.15, -0.1) is 15.7 Å². The molecule has 1 amide bonds. The van der Waals surface area contributed by atoms with Gasteiger partial charge in [-0.25, -0.2) is 4.98 Å². The van der Waals surface area contributed by atoms with Crippen LogP contribution >= 0.6 is 11.3 Å². The third-order valence-electron chi connectivity index (χ3n) is 4.46. The molecule has 1 fully saturated rings. The minimum Gasteiger partial charge on any atom is -0.362 e. The molecule has 28 heavy (non-hydrogen) atoms. The van der Waals surface area contributed by atoms with E-state index in [0.717, 1.165) is 18.0 Å². The number of rotatable bonds is 5. The van der Waals surface area contributed by atoms with E-state index in [2.05, 4.69) is 14.7 Å². The normalized spacial score (nSPS) is 16.2. The third kappa shape index (κ3) is 4.41. The summed E-state index contributed by atoms with van der Waals surface area (Å²) in [6, 6.07) is 6.18. The van der Waals surface area contributed by atoms with E-state index in [0.29, 0.717) is 28.5 Å². The van der Waals surface area contributed by atoms with Gasteiger partial charge in [-0.3, -0.25) is 4.79 Å². The summed E-state index contributed by atoms with van der Waals surface area (Å²) in [5.74, 6) is 0.515. The summed E-state index contributed by atoms with van der Waals surface area (Å²) in [6.07, 6.45) is 1.54. The Morgan fingerprint density at radius 1 is 1.36 bits per heavy atom. The zero-order valence-electron chi connectivity index (χ0n) is 16.4. The average Bonchev–Trinajstić information content (AvgIpc) is 3.21. The fraction of sp³-hybridized carbons (Fsp3) is 0.421. The van der Waals surface area contributed by atoms with Gasteiger partial charge in [-0.05, 0) is 31.5 Å². The van der Waals surface area contributed by atoms with Crippen LogP contribution in [0.1, 0.15) is 53.0 Å². The first kappa shape index (κ1) is 20.5. The molecule has 0 aliphatic carbocycles. The molecular weight excluding hydrogens is 396 g/mol. The number of benzene rings is 1. The third-order valence-corrected chi connectivity index (χ3v) is 7.22. The van der Waals surface area contributed by atoms with Crippen LogP contribution in [0.5, 0.6) is 0 Å². The van der Waals surface area contributed by atoms with Crippen LogP contribution in [-0.4, -0.2) is 43.6 Å². The van der Waals surface area contributed by atoms with E-state index in [1.165, 1.54) is 23.5 Å². The van der Waals surface area contributed by atoms with Crippen molar-refractivity contribution in [2.75, 3.05) is 18.9 Å².